The first-order valence-electron chi connectivity index (χ1n) is 11.1. The topological polar surface area (TPSA) is 99.7 Å². The summed E-state index contributed by atoms with van der Waals surface area (Å²) in [5.74, 6) is 0.544. The summed E-state index contributed by atoms with van der Waals surface area (Å²) >= 11 is 0. The third-order valence-electron chi connectivity index (χ3n) is 4.95. The van der Waals surface area contributed by atoms with Crippen LogP contribution in [0.3, 0.4) is 0 Å². The molecule has 0 aliphatic carbocycles. The lowest BCUT2D eigenvalue weighted by Gasteiger charge is -2.17. The average molecular weight is 442 g/mol. The fourth-order valence-corrected chi connectivity index (χ4v) is 3.12. The van der Waals surface area contributed by atoms with Crippen molar-refractivity contribution < 1.29 is 19.4 Å². The van der Waals surface area contributed by atoms with E-state index < -0.39 is 6.10 Å². The molecule has 2 aromatic carbocycles. The zero-order chi connectivity index (χ0) is 23.3. The Balaban J connectivity index is 1.54. The molecule has 2 atom stereocenters. The number of aliphatic hydroxyl groups is 1. The van der Waals surface area contributed by atoms with E-state index in [9.17, 15) is 14.7 Å². The Labute approximate surface area is 190 Å². The number of rotatable bonds is 13. The van der Waals surface area contributed by atoms with E-state index in [1.807, 2.05) is 31.2 Å². The Bertz CT molecular complexity index is 837. The maximum atomic E-state index is 12.0. The highest BCUT2D eigenvalue weighted by atomic mass is 16.5. The van der Waals surface area contributed by atoms with E-state index in [0.717, 1.165) is 24.9 Å². The van der Waals surface area contributed by atoms with E-state index >= 15 is 0 Å². The summed E-state index contributed by atoms with van der Waals surface area (Å²) in [6, 6.07) is 15.0. The van der Waals surface area contributed by atoms with Gasteiger partial charge in [-0.25, -0.2) is 0 Å². The van der Waals surface area contributed by atoms with Gasteiger partial charge in [0.1, 0.15) is 18.5 Å². The van der Waals surface area contributed by atoms with Gasteiger partial charge in [-0.1, -0.05) is 24.1 Å². The number of benzene rings is 2. The monoisotopic (exact) mass is 441 g/mol. The van der Waals surface area contributed by atoms with Crippen LogP contribution in [0.1, 0.15) is 45.1 Å². The van der Waals surface area contributed by atoms with Crippen molar-refractivity contribution in [1.82, 2.24) is 5.32 Å². The van der Waals surface area contributed by atoms with Gasteiger partial charge in [0.2, 0.25) is 11.8 Å². The molecule has 0 radical (unpaired) electrons. The molecule has 0 spiro atoms. The molecule has 0 aliphatic heterocycles. The van der Waals surface area contributed by atoms with Crippen molar-refractivity contribution >= 4 is 23.2 Å². The summed E-state index contributed by atoms with van der Waals surface area (Å²) in [7, 11) is 0. The van der Waals surface area contributed by atoms with Gasteiger partial charge in [0, 0.05) is 37.3 Å². The molecule has 0 fully saturated rings. The van der Waals surface area contributed by atoms with Crippen molar-refractivity contribution in [3.05, 3.63) is 54.1 Å². The minimum Gasteiger partial charge on any atom is -0.491 e. The van der Waals surface area contributed by atoms with Gasteiger partial charge in [-0.3, -0.25) is 9.59 Å². The summed E-state index contributed by atoms with van der Waals surface area (Å²) < 4.78 is 5.59. The van der Waals surface area contributed by atoms with Crippen LogP contribution < -0.4 is 20.7 Å². The molecule has 174 valence electrons. The predicted molar refractivity (Wildman–Crippen MR) is 128 cm³/mol. The van der Waals surface area contributed by atoms with Gasteiger partial charge in [-0.05, 0) is 63.1 Å². The molecule has 7 nitrogen and oxygen atoms in total. The number of anilines is 2. The number of unbranched alkanes of at least 4 members (excludes halogenated alkanes) is 1. The van der Waals surface area contributed by atoms with Gasteiger partial charge in [0.15, 0.2) is 0 Å². The van der Waals surface area contributed by atoms with E-state index in [4.69, 9.17) is 4.74 Å². The minimum absolute atomic E-state index is 0.0344. The van der Waals surface area contributed by atoms with Crippen molar-refractivity contribution in [1.29, 1.82) is 0 Å². The smallest absolute Gasteiger partial charge is 0.224 e. The Morgan fingerprint density at radius 2 is 1.59 bits per heavy atom. The second-order valence-electron chi connectivity index (χ2n) is 8.14. The minimum atomic E-state index is -0.632. The second-order valence-corrected chi connectivity index (χ2v) is 8.14. The van der Waals surface area contributed by atoms with Crippen molar-refractivity contribution in [2.24, 2.45) is 0 Å². The lowest BCUT2D eigenvalue weighted by molar-refractivity contribution is -0.116. The van der Waals surface area contributed by atoms with Crippen molar-refractivity contribution in [3.63, 3.8) is 0 Å². The quantitative estimate of drug-likeness (QED) is 0.354. The number of aryl methyl sites for hydroxylation is 1. The highest BCUT2D eigenvalue weighted by Gasteiger charge is 2.09. The number of nitrogens with one attached hydrogen (secondary N) is 3. The number of hydrogen-bond acceptors (Lipinski definition) is 5. The zero-order valence-corrected chi connectivity index (χ0v) is 19.2. The molecule has 2 aromatic rings. The number of carbonyl (C=O) groups excluding carboxylic acids is 2. The first-order chi connectivity index (χ1) is 15.3. The normalized spacial score (nSPS) is 12.6. The van der Waals surface area contributed by atoms with Crippen molar-refractivity contribution in [2.75, 3.05) is 23.8 Å². The van der Waals surface area contributed by atoms with Gasteiger partial charge in [0.05, 0.1) is 0 Å². The van der Waals surface area contributed by atoms with Crippen LogP contribution in [0.2, 0.25) is 0 Å². The number of aliphatic hydroxyl groups excluding tert-OH is 1. The van der Waals surface area contributed by atoms with Crippen LogP contribution in [0.15, 0.2) is 48.5 Å². The molecular formula is C25H35N3O4. The van der Waals surface area contributed by atoms with Crippen LogP contribution in [-0.2, 0) is 9.59 Å². The molecule has 2 amide bonds. The average Bonchev–Trinajstić information content (AvgIpc) is 2.76. The Kier molecular flexibility index (Phi) is 10.7. The fourth-order valence-electron chi connectivity index (χ4n) is 3.12. The summed E-state index contributed by atoms with van der Waals surface area (Å²) in [6.07, 6.45) is 2.55. The maximum Gasteiger partial charge on any atom is 0.224 e. The van der Waals surface area contributed by atoms with Gasteiger partial charge >= 0.3 is 0 Å². The Hall–Kier alpha value is -2.90. The Morgan fingerprint density at radius 1 is 0.969 bits per heavy atom. The molecule has 32 heavy (non-hydrogen) atoms. The number of amides is 2. The van der Waals surface area contributed by atoms with Crippen LogP contribution in [0, 0.1) is 6.92 Å². The van der Waals surface area contributed by atoms with Crippen molar-refractivity contribution in [3.8, 4) is 5.75 Å². The molecule has 0 aliphatic rings. The molecule has 0 heterocycles. The molecule has 0 aromatic heterocycles. The lowest BCUT2D eigenvalue weighted by Crippen LogP contribution is -2.36. The standard InChI is InChI=1S/C25H35N3O4/c1-18-8-10-22(11-9-18)28-25(31)7-5-4-6-19(2)26-16-23(30)17-32-24-14-12-21(13-15-24)27-20(3)29/h8-15,19,23,26,30H,4-7,16-17H2,1-3H3,(H,27,29)(H,28,31)/t19-,23-/m1/s1. The van der Waals surface area contributed by atoms with Crippen LogP contribution in [0.25, 0.3) is 0 Å². The number of ether oxygens (including phenoxy) is 1. The van der Waals surface area contributed by atoms with Gasteiger partial charge in [-0.2, -0.15) is 0 Å². The molecule has 0 unspecified atom stereocenters. The third-order valence-corrected chi connectivity index (χ3v) is 4.95. The maximum absolute atomic E-state index is 12.0. The van der Waals surface area contributed by atoms with Gasteiger partial charge in [0.25, 0.3) is 0 Å². The molecule has 0 saturated carbocycles. The summed E-state index contributed by atoms with van der Waals surface area (Å²) in [6.45, 7) is 6.15. The molecule has 2 rings (SSSR count). The molecular weight excluding hydrogens is 406 g/mol. The summed E-state index contributed by atoms with van der Waals surface area (Å²) in [5, 5.41) is 19.1. The van der Waals surface area contributed by atoms with Crippen LogP contribution >= 0.6 is 0 Å². The highest BCUT2D eigenvalue weighted by Crippen LogP contribution is 2.16. The van der Waals surface area contributed by atoms with Crippen LogP contribution in [0.4, 0.5) is 11.4 Å². The van der Waals surface area contributed by atoms with E-state index in [2.05, 4.69) is 22.9 Å². The molecule has 0 bridgehead atoms. The van der Waals surface area contributed by atoms with Gasteiger partial charge in [-0.15, -0.1) is 0 Å². The van der Waals surface area contributed by atoms with E-state index in [-0.39, 0.29) is 24.5 Å². The summed E-state index contributed by atoms with van der Waals surface area (Å²) in [5.41, 5.74) is 2.70. The first-order valence-corrected chi connectivity index (χ1v) is 11.1. The largest absolute Gasteiger partial charge is 0.491 e. The molecule has 0 saturated heterocycles. The van der Waals surface area contributed by atoms with Crippen LogP contribution in [-0.4, -0.2) is 42.2 Å². The lowest BCUT2D eigenvalue weighted by atomic mass is 10.1. The highest BCUT2D eigenvalue weighted by molar-refractivity contribution is 5.90. The molecule has 7 heteroatoms. The summed E-state index contributed by atoms with van der Waals surface area (Å²) in [4.78, 5) is 23.0. The van der Waals surface area contributed by atoms with E-state index in [0.29, 0.717) is 24.4 Å². The zero-order valence-electron chi connectivity index (χ0n) is 19.2. The van der Waals surface area contributed by atoms with E-state index in [1.165, 1.54) is 12.5 Å². The van der Waals surface area contributed by atoms with E-state index in [1.54, 1.807) is 24.3 Å². The second kappa shape index (κ2) is 13.5. The van der Waals surface area contributed by atoms with Gasteiger partial charge < -0.3 is 25.8 Å². The van der Waals surface area contributed by atoms with Crippen molar-refractivity contribution in [2.45, 2.75) is 58.6 Å². The predicted octanol–water partition coefficient (Wildman–Crippen LogP) is 3.87. The SMILES string of the molecule is CC(=O)Nc1ccc(OC[C@H](O)CN[C@H](C)CCCCC(=O)Nc2ccc(C)cc2)cc1. The third kappa shape index (κ3) is 10.4. The fraction of sp³-hybridized carbons (Fsp3) is 0.440. The first kappa shape index (κ1) is 25.4. The number of hydrogen-bond donors (Lipinski definition) is 4. The Morgan fingerprint density at radius 3 is 2.25 bits per heavy atom. The van der Waals surface area contributed by atoms with Crippen LogP contribution in [0.5, 0.6) is 5.75 Å². The number of carbonyl (C=O) groups is 2. The molecule has 4 N–H and O–H groups in total.